The van der Waals surface area contributed by atoms with Crippen molar-refractivity contribution < 1.29 is 13.2 Å². The zero-order valence-corrected chi connectivity index (χ0v) is 14.8. The second-order valence-electron chi connectivity index (χ2n) is 6.95. The summed E-state index contributed by atoms with van der Waals surface area (Å²) in [7, 11) is -3.74. The van der Waals surface area contributed by atoms with Crippen LogP contribution in [0.5, 0.6) is 0 Å². The number of carbonyl (C=O) groups excluding carboxylic acids is 1. The Morgan fingerprint density at radius 3 is 2.36 bits per heavy atom. The number of hydrogen-bond donors (Lipinski definition) is 1. The van der Waals surface area contributed by atoms with Crippen molar-refractivity contribution in [1.29, 1.82) is 0 Å². The highest BCUT2D eigenvalue weighted by molar-refractivity contribution is 7.90. The Kier molecular flexibility index (Phi) is 4.12. The molecule has 2 aromatic rings. The lowest BCUT2D eigenvalue weighted by Crippen LogP contribution is -2.33. The van der Waals surface area contributed by atoms with E-state index in [0.717, 1.165) is 17.5 Å². The Morgan fingerprint density at radius 2 is 1.68 bits per heavy atom. The number of benzene rings is 2. The third-order valence-corrected chi connectivity index (χ3v) is 7.15. The molecule has 2 aromatic carbocycles. The molecule has 1 fully saturated rings. The van der Waals surface area contributed by atoms with E-state index in [4.69, 9.17) is 0 Å². The minimum atomic E-state index is -3.74. The van der Waals surface area contributed by atoms with E-state index in [1.54, 1.807) is 12.1 Å². The number of rotatable bonds is 4. The molecule has 0 saturated heterocycles. The molecule has 5 heteroatoms. The van der Waals surface area contributed by atoms with Gasteiger partial charge in [-0.3, -0.25) is 4.79 Å². The largest absolute Gasteiger partial charge is 0.268 e. The van der Waals surface area contributed by atoms with E-state index in [-0.39, 0.29) is 0 Å². The first-order valence-electron chi connectivity index (χ1n) is 8.78. The quantitative estimate of drug-likeness (QED) is 0.909. The van der Waals surface area contributed by atoms with Crippen LogP contribution in [0, 0.1) is 0 Å². The van der Waals surface area contributed by atoms with Crippen molar-refractivity contribution in [3.8, 4) is 0 Å². The molecule has 2 aliphatic carbocycles. The van der Waals surface area contributed by atoms with Crippen molar-refractivity contribution in [1.82, 2.24) is 4.72 Å². The molecule has 4 nitrogen and oxygen atoms in total. The summed E-state index contributed by atoms with van der Waals surface area (Å²) >= 11 is 0. The highest BCUT2D eigenvalue weighted by Crippen LogP contribution is 2.37. The van der Waals surface area contributed by atoms with Gasteiger partial charge in [-0.25, -0.2) is 13.1 Å². The van der Waals surface area contributed by atoms with Crippen LogP contribution in [0.3, 0.4) is 0 Å². The standard InChI is InChI=1S/C20H21NO3S/c22-20(17-10-8-15(9-11-17)14-5-3-6-14)21-25(23,24)19-13-12-16-4-1-2-7-18(16)19/h1-2,4,7-11,14,19H,3,5-6,12-13H2,(H,21,22). The minimum absolute atomic E-state index is 0.387. The van der Waals surface area contributed by atoms with E-state index in [2.05, 4.69) is 4.72 Å². The molecule has 1 amide bonds. The van der Waals surface area contributed by atoms with Crippen molar-refractivity contribution in [2.75, 3.05) is 0 Å². The second-order valence-corrected chi connectivity index (χ2v) is 8.82. The Morgan fingerprint density at radius 1 is 0.960 bits per heavy atom. The Balaban J connectivity index is 1.50. The molecular formula is C20H21NO3S. The van der Waals surface area contributed by atoms with E-state index in [9.17, 15) is 13.2 Å². The monoisotopic (exact) mass is 355 g/mol. The first-order chi connectivity index (χ1) is 12.0. The van der Waals surface area contributed by atoms with Crippen molar-refractivity contribution in [3.05, 3.63) is 70.8 Å². The smallest absolute Gasteiger partial charge is 0.264 e. The molecule has 4 rings (SSSR count). The molecule has 1 unspecified atom stereocenters. The fraction of sp³-hybridized carbons (Fsp3) is 0.350. The van der Waals surface area contributed by atoms with Crippen molar-refractivity contribution >= 4 is 15.9 Å². The van der Waals surface area contributed by atoms with E-state index in [1.807, 2.05) is 36.4 Å². The second kappa shape index (κ2) is 6.30. The number of carbonyl (C=O) groups is 1. The van der Waals surface area contributed by atoms with Gasteiger partial charge >= 0.3 is 0 Å². The van der Waals surface area contributed by atoms with Crippen molar-refractivity contribution in [2.45, 2.75) is 43.3 Å². The molecule has 0 bridgehead atoms. The molecule has 0 heterocycles. The third kappa shape index (κ3) is 3.09. The lowest BCUT2D eigenvalue weighted by Gasteiger charge is -2.25. The summed E-state index contributed by atoms with van der Waals surface area (Å²) in [5.41, 5.74) is 3.48. The van der Waals surface area contributed by atoms with Crippen LogP contribution in [-0.4, -0.2) is 14.3 Å². The van der Waals surface area contributed by atoms with Gasteiger partial charge in [0.05, 0.1) is 0 Å². The maximum absolute atomic E-state index is 12.7. The average molecular weight is 355 g/mol. The number of nitrogens with one attached hydrogen (secondary N) is 1. The molecule has 1 N–H and O–H groups in total. The topological polar surface area (TPSA) is 63.2 Å². The SMILES string of the molecule is O=C(NS(=O)(=O)C1CCc2ccccc21)c1ccc(C2CCC2)cc1. The molecule has 1 saturated carbocycles. The molecule has 1 atom stereocenters. The predicted octanol–water partition coefficient (Wildman–Crippen LogP) is 3.70. The summed E-state index contributed by atoms with van der Waals surface area (Å²) in [5.74, 6) is 0.0420. The summed E-state index contributed by atoms with van der Waals surface area (Å²) in [6, 6.07) is 14.9. The zero-order chi connectivity index (χ0) is 17.4. The van der Waals surface area contributed by atoms with E-state index in [1.165, 1.54) is 24.8 Å². The summed E-state index contributed by atoms with van der Waals surface area (Å²) in [4.78, 5) is 12.4. The summed E-state index contributed by atoms with van der Waals surface area (Å²) < 4.78 is 27.6. The summed E-state index contributed by atoms with van der Waals surface area (Å²) in [6.45, 7) is 0. The van der Waals surface area contributed by atoms with Crippen LogP contribution in [0.15, 0.2) is 48.5 Å². The lowest BCUT2D eigenvalue weighted by molar-refractivity contribution is 0.0981. The van der Waals surface area contributed by atoms with Gasteiger partial charge in [0.15, 0.2) is 0 Å². The van der Waals surface area contributed by atoms with Crippen LogP contribution >= 0.6 is 0 Å². The van der Waals surface area contributed by atoms with Gasteiger partial charge in [-0.2, -0.15) is 0 Å². The number of fused-ring (bicyclic) bond motifs is 1. The van der Waals surface area contributed by atoms with Gasteiger partial charge in [0.1, 0.15) is 5.25 Å². The van der Waals surface area contributed by atoms with Crippen LogP contribution in [-0.2, 0) is 16.4 Å². The van der Waals surface area contributed by atoms with Gasteiger partial charge in [0, 0.05) is 5.56 Å². The molecular weight excluding hydrogens is 334 g/mol. The van der Waals surface area contributed by atoms with Gasteiger partial charge in [0.25, 0.3) is 5.91 Å². The normalized spacial score (nSPS) is 19.9. The maximum Gasteiger partial charge on any atom is 0.264 e. The van der Waals surface area contributed by atoms with Crippen molar-refractivity contribution in [2.24, 2.45) is 0 Å². The lowest BCUT2D eigenvalue weighted by atomic mass is 9.80. The summed E-state index contributed by atoms with van der Waals surface area (Å²) in [6.07, 6.45) is 4.89. The van der Waals surface area contributed by atoms with Gasteiger partial charge in [-0.15, -0.1) is 0 Å². The maximum atomic E-state index is 12.7. The number of hydrogen-bond acceptors (Lipinski definition) is 3. The van der Waals surface area contributed by atoms with E-state index < -0.39 is 21.2 Å². The summed E-state index contributed by atoms with van der Waals surface area (Å²) in [5, 5.41) is -0.651. The Bertz CT molecular complexity index is 899. The highest BCUT2D eigenvalue weighted by atomic mass is 32.2. The number of aryl methyl sites for hydroxylation is 1. The van der Waals surface area contributed by atoms with Gasteiger partial charge in [-0.1, -0.05) is 42.8 Å². The minimum Gasteiger partial charge on any atom is -0.268 e. The fourth-order valence-corrected chi connectivity index (χ4v) is 5.26. The van der Waals surface area contributed by atoms with Gasteiger partial charge in [0.2, 0.25) is 10.0 Å². The van der Waals surface area contributed by atoms with Crippen LogP contribution in [0.4, 0.5) is 0 Å². The van der Waals surface area contributed by atoms with Crippen molar-refractivity contribution in [3.63, 3.8) is 0 Å². The predicted molar refractivity (Wildman–Crippen MR) is 96.9 cm³/mol. The van der Waals surface area contributed by atoms with Crippen LogP contribution in [0.2, 0.25) is 0 Å². The average Bonchev–Trinajstić information content (AvgIpc) is 2.98. The molecule has 0 radical (unpaired) electrons. The third-order valence-electron chi connectivity index (χ3n) is 5.44. The first-order valence-corrected chi connectivity index (χ1v) is 10.3. The molecule has 0 aliphatic heterocycles. The molecule has 0 aromatic heterocycles. The first kappa shape index (κ1) is 16.3. The highest BCUT2D eigenvalue weighted by Gasteiger charge is 2.34. The Hall–Kier alpha value is -2.14. The molecule has 130 valence electrons. The van der Waals surface area contributed by atoms with Gasteiger partial charge in [-0.05, 0) is 60.4 Å². The number of amides is 1. The Labute approximate surface area is 148 Å². The number of sulfonamides is 1. The molecule has 0 spiro atoms. The zero-order valence-electron chi connectivity index (χ0n) is 13.9. The van der Waals surface area contributed by atoms with Crippen LogP contribution < -0.4 is 4.72 Å². The van der Waals surface area contributed by atoms with Crippen LogP contribution in [0.25, 0.3) is 0 Å². The molecule has 2 aliphatic rings. The molecule has 25 heavy (non-hydrogen) atoms. The fourth-order valence-electron chi connectivity index (χ4n) is 3.75. The van der Waals surface area contributed by atoms with E-state index >= 15 is 0 Å². The van der Waals surface area contributed by atoms with Crippen LogP contribution in [0.1, 0.15) is 63.9 Å². The van der Waals surface area contributed by atoms with Gasteiger partial charge < -0.3 is 0 Å². The van der Waals surface area contributed by atoms with E-state index in [0.29, 0.717) is 17.9 Å².